The summed E-state index contributed by atoms with van der Waals surface area (Å²) in [6.07, 6.45) is 3.41. The number of anilines is 1. The molecule has 0 bridgehead atoms. The third kappa shape index (κ3) is 3.36. The molecule has 0 unspecified atom stereocenters. The van der Waals surface area contributed by atoms with Gasteiger partial charge in [0.2, 0.25) is 0 Å². The molecule has 8 nitrogen and oxygen atoms in total. The molecule has 0 aliphatic carbocycles. The zero-order chi connectivity index (χ0) is 18.8. The van der Waals surface area contributed by atoms with Crippen LogP contribution in [-0.2, 0) is 0 Å². The van der Waals surface area contributed by atoms with E-state index in [0.29, 0.717) is 17.1 Å². The first kappa shape index (κ1) is 16.4. The summed E-state index contributed by atoms with van der Waals surface area (Å²) in [5, 5.41) is 13.5. The maximum Gasteiger partial charge on any atom is 0.269 e. The minimum absolute atomic E-state index is 0.0617. The minimum atomic E-state index is -0.506. The van der Waals surface area contributed by atoms with E-state index < -0.39 is 4.92 Å². The molecular weight excluding hydrogens is 346 g/mol. The second-order valence-corrected chi connectivity index (χ2v) is 5.82. The van der Waals surface area contributed by atoms with Crippen LogP contribution in [0.1, 0.15) is 10.4 Å². The Morgan fingerprint density at radius 1 is 1.11 bits per heavy atom. The first-order valence-electron chi connectivity index (χ1n) is 8.06. The second kappa shape index (κ2) is 6.68. The topological polar surface area (TPSA) is 114 Å². The zero-order valence-corrected chi connectivity index (χ0v) is 13.9. The van der Waals surface area contributed by atoms with Crippen molar-refractivity contribution in [2.24, 2.45) is 0 Å². The lowest BCUT2D eigenvalue weighted by atomic mass is 10.2. The molecule has 2 N–H and O–H groups in total. The first-order chi connectivity index (χ1) is 13.1. The molecule has 0 atom stereocenters. The first-order valence-corrected chi connectivity index (χ1v) is 8.06. The Balaban J connectivity index is 1.57. The largest absolute Gasteiger partial charge is 0.338 e. The third-order valence-electron chi connectivity index (χ3n) is 4.02. The number of fused-ring (bicyclic) bond motifs is 1. The number of hydrogen-bond donors (Lipinski definition) is 2. The van der Waals surface area contributed by atoms with Gasteiger partial charge in [-0.25, -0.2) is 4.98 Å². The van der Waals surface area contributed by atoms with Crippen LogP contribution in [0.5, 0.6) is 0 Å². The molecule has 0 radical (unpaired) electrons. The Morgan fingerprint density at radius 2 is 1.93 bits per heavy atom. The fourth-order valence-electron chi connectivity index (χ4n) is 2.66. The van der Waals surface area contributed by atoms with Gasteiger partial charge in [-0.2, -0.15) is 0 Å². The monoisotopic (exact) mass is 359 g/mol. The molecule has 0 aliphatic heterocycles. The SMILES string of the molecule is O=C(Nc1ccc2nc(-c3cccnc3)[nH]c2c1)c1ccc([N+](=O)[O-])cc1. The van der Waals surface area contributed by atoms with E-state index >= 15 is 0 Å². The number of rotatable bonds is 4. The van der Waals surface area contributed by atoms with Crippen LogP contribution >= 0.6 is 0 Å². The van der Waals surface area contributed by atoms with E-state index in [0.717, 1.165) is 16.6 Å². The van der Waals surface area contributed by atoms with Crippen molar-refractivity contribution in [1.29, 1.82) is 0 Å². The molecule has 0 saturated heterocycles. The molecule has 0 fully saturated rings. The van der Waals surface area contributed by atoms with Crippen LogP contribution in [0.25, 0.3) is 22.4 Å². The van der Waals surface area contributed by atoms with E-state index in [9.17, 15) is 14.9 Å². The summed E-state index contributed by atoms with van der Waals surface area (Å²) in [5.74, 6) is 0.341. The van der Waals surface area contributed by atoms with E-state index in [1.807, 2.05) is 12.1 Å². The van der Waals surface area contributed by atoms with Gasteiger partial charge in [-0.3, -0.25) is 19.9 Å². The Morgan fingerprint density at radius 3 is 2.63 bits per heavy atom. The Kier molecular flexibility index (Phi) is 4.06. The number of nitrogens with zero attached hydrogens (tertiary/aromatic N) is 3. The molecular formula is C19H13N5O3. The van der Waals surface area contributed by atoms with Gasteiger partial charge in [-0.05, 0) is 42.5 Å². The number of pyridine rings is 1. The number of amides is 1. The average molecular weight is 359 g/mol. The van der Waals surface area contributed by atoms with Crippen LogP contribution in [0.4, 0.5) is 11.4 Å². The summed E-state index contributed by atoms with van der Waals surface area (Å²) in [7, 11) is 0. The lowest BCUT2D eigenvalue weighted by Gasteiger charge is -2.05. The summed E-state index contributed by atoms with van der Waals surface area (Å²) >= 11 is 0. The van der Waals surface area contributed by atoms with Crippen molar-refractivity contribution < 1.29 is 9.72 Å². The van der Waals surface area contributed by atoms with Crippen molar-refractivity contribution in [2.45, 2.75) is 0 Å². The molecule has 1 amide bonds. The number of carbonyl (C=O) groups excluding carboxylic acids is 1. The average Bonchev–Trinajstić information content (AvgIpc) is 3.12. The highest BCUT2D eigenvalue weighted by Gasteiger charge is 2.11. The van der Waals surface area contributed by atoms with Gasteiger partial charge in [-0.15, -0.1) is 0 Å². The summed E-state index contributed by atoms with van der Waals surface area (Å²) in [5.41, 5.74) is 3.27. The van der Waals surface area contributed by atoms with Crippen molar-refractivity contribution in [3.63, 3.8) is 0 Å². The Bertz CT molecular complexity index is 1140. The lowest BCUT2D eigenvalue weighted by Crippen LogP contribution is -2.11. The number of nitro benzene ring substituents is 1. The van der Waals surface area contributed by atoms with Crippen molar-refractivity contribution in [1.82, 2.24) is 15.0 Å². The predicted octanol–water partition coefficient (Wildman–Crippen LogP) is 3.79. The van der Waals surface area contributed by atoms with Crippen molar-refractivity contribution >= 4 is 28.3 Å². The van der Waals surface area contributed by atoms with Crippen LogP contribution in [0.2, 0.25) is 0 Å². The number of nitro groups is 1. The smallest absolute Gasteiger partial charge is 0.269 e. The predicted molar refractivity (Wildman–Crippen MR) is 100 cm³/mol. The maximum atomic E-state index is 12.3. The van der Waals surface area contributed by atoms with Gasteiger partial charge in [0.05, 0.1) is 16.0 Å². The molecule has 132 valence electrons. The fraction of sp³-hybridized carbons (Fsp3) is 0. The zero-order valence-electron chi connectivity index (χ0n) is 13.9. The van der Waals surface area contributed by atoms with E-state index in [1.165, 1.54) is 24.3 Å². The van der Waals surface area contributed by atoms with E-state index in [1.54, 1.807) is 30.6 Å². The number of aromatic amines is 1. The number of imidazole rings is 1. The minimum Gasteiger partial charge on any atom is -0.338 e. The highest BCUT2D eigenvalue weighted by Crippen LogP contribution is 2.23. The van der Waals surface area contributed by atoms with Gasteiger partial charge in [0.25, 0.3) is 11.6 Å². The van der Waals surface area contributed by atoms with E-state index in [2.05, 4.69) is 20.3 Å². The molecule has 27 heavy (non-hydrogen) atoms. The molecule has 0 spiro atoms. The van der Waals surface area contributed by atoms with Crippen LogP contribution in [0, 0.1) is 10.1 Å². The molecule has 0 aliphatic rings. The highest BCUT2D eigenvalue weighted by atomic mass is 16.6. The van der Waals surface area contributed by atoms with Crippen molar-refractivity contribution in [2.75, 3.05) is 5.32 Å². The van der Waals surface area contributed by atoms with Gasteiger partial charge in [0, 0.05) is 41.3 Å². The number of benzene rings is 2. The lowest BCUT2D eigenvalue weighted by molar-refractivity contribution is -0.384. The number of aromatic nitrogens is 3. The fourth-order valence-corrected chi connectivity index (χ4v) is 2.66. The molecule has 4 rings (SSSR count). The maximum absolute atomic E-state index is 12.3. The summed E-state index contributed by atoms with van der Waals surface area (Å²) in [6, 6.07) is 14.5. The molecule has 2 heterocycles. The molecule has 2 aromatic carbocycles. The van der Waals surface area contributed by atoms with Gasteiger partial charge in [0.15, 0.2) is 0 Å². The number of carbonyl (C=O) groups is 1. The molecule has 0 saturated carbocycles. The second-order valence-electron chi connectivity index (χ2n) is 5.82. The number of hydrogen-bond acceptors (Lipinski definition) is 5. The normalized spacial score (nSPS) is 10.7. The van der Waals surface area contributed by atoms with E-state index in [4.69, 9.17) is 0 Å². The Labute approximate surface area is 153 Å². The molecule has 2 aromatic heterocycles. The molecule has 8 heteroatoms. The Hall–Kier alpha value is -4.07. The molecule has 4 aromatic rings. The van der Waals surface area contributed by atoms with Gasteiger partial charge >= 0.3 is 0 Å². The van der Waals surface area contributed by atoms with Crippen LogP contribution in [0.15, 0.2) is 67.0 Å². The quantitative estimate of drug-likeness (QED) is 0.425. The van der Waals surface area contributed by atoms with E-state index in [-0.39, 0.29) is 11.6 Å². The summed E-state index contributed by atoms with van der Waals surface area (Å²) < 4.78 is 0. The van der Waals surface area contributed by atoms with Crippen molar-refractivity contribution in [3.05, 3.63) is 82.7 Å². The highest BCUT2D eigenvalue weighted by molar-refractivity contribution is 6.05. The summed E-state index contributed by atoms with van der Waals surface area (Å²) in [4.78, 5) is 34.3. The van der Waals surface area contributed by atoms with Gasteiger partial charge in [-0.1, -0.05) is 0 Å². The van der Waals surface area contributed by atoms with Gasteiger partial charge in [0.1, 0.15) is 5.82 Å². The number of nitrogens with one attached hydrogen (secondary N) is 2. The number of non-ortho nitro benzene ring substituents is 1. The van der Waals surface area contributed by atoms with Crippen LogP contribution in [-0.4, -0.2) is 25.8 Å². The summed E-state index contributed by atoms with van der Waals surface area (Å²) in [6.45, 7) is 0. The number of H-pyrrole nitrogens is 1. The standard InChI is InChI=1S/C19H13N5O3/c25-19(12-3-6-15(7-4-12)24(26)27)21-14-5-8-16-17(10-14)23-18(22-16)13-2-1-9-20-11-13/h1-11H,(H,21,25)(H,22,23). The third-order valence-corrected chi connectivity index (χ3v) is 4.02. The van der Waals surface area contributed by atoms with Crippen LogP contribution < -0.4 is 5.32 Å². The van der Waals surface area contributed by atoms with Gasteiger partial charge < -0.3 is 10.3 Å². The van der Waals surface area contributed by atoms with Crippen LogP contribution in [0.3, 0.4) is 0 Å². The van der Waals surface area contributed by atoms with Crippen molar-refractivity contribution in [3.8, 4) is 11.4 Å².